The minimum atomic E-state index is 0.336. The predicted molar refractivity (Wildman–Crippen MR) is 92.9 cm³/mol. The first kappa shape index (κ1) is 14.7. The third-order valence-electron chi connectivity index (χ3n) is 5.09. The zero-order chi connectivity index (χ0) is 14.7. The molecule has 0 bridgehead atoms. The van der Waals surface area contributed by atoms with Gasteiger partial charge in [-0.1, -0.05) is 68.8 Å². The van der Waals surface area contributed by atoms with E-state index in [1.165, 1.54) is 29.7 Å². The molecular weight excluding hydrogens is 272 g/mol. The molecule has 110 valence electrons. The predicted octanol–water partition coefficient (Wildman–Crippen LogP) is 5.93. The molecule has 0 radical (unpaired) electrons. The maximum absolute atomic E-state index is 2.47. The van der Waals surface area contributed by atoms with Gasteiger partial charge in [0.2, 0.25) is 0 Å². The van der Waals surface area contributed by atoms with Crippen LogP contribution in [0.2, 0.25) is 0 Å². The molecule has 0 aromatic heterocycles. The summed E-state index contributed by atoms with van der Waals surface area (Å²) in [4.78, 5) is 1.40. The highest BCUT2D eigenvalue weighted by Crippen LogP contribution is 2.50. The van der Waals surface area contributed by atoms with Crippen molar-refractivity contribution in [3.05, 3.63) is 66.2 Å². The zero-order valence-electron chi connectivity index (χ0n) is 13.0. The van der Waals surface area contributed by atoms with Crippen LogP contribution in [0.5, 0.6) is 0 Å². The summed E-state index contributed by atoms with van der Waals surface area (Å²) in [6.07, 6.45) is 4.03. The van der Waals surface area contributed by atoms with E-state index in [2.05, 4.69) is 74.5 Å². The van der Waals surface area contributed by atoms with Crippen LogP contribution >= 0.6 is 11.8 Å². The van der Waals surface area contributed by atoms with Crippen LogP contribution in [0, 0.1) is 5.92 Å². The molecule has 0 N–H and O–H groups in total. The van der Waals surface area contributed by atoms with Crippen molar-refractivity contribution in [2.75, 3.05) is 0 Å². The average molecular weight is 296 g/mol. The van der Waals surface area contributed by atoms with Gasteiger partial charge in [0.15, 0.2) is 0 Å². The van der Waals surface area contributed by atoms with Crippen LogP contribution < -0.4 is 0 Å². The molecule has 0 saturated heterocycles. The fourth-order valence-electron chi connectivity index (χ4n) is 3.92. The van der Waals surface area contributed by atoms with Crippen molar-refractivity contribution in [2.45, 2.75) is 48.7 Å². The van der Waals surface area contributed by atoms with Gasteiger partial charge in [-0.3, -0.25) is 0 Å². The van der Waals surface area contributed by atoms with Crippen LogP contribution in [-0.2, 0) is 5.41 Å². The summed E-state index contributed by atoms with van der Waals surface area (Å²) in [6.45, 7) is 4.89. The Bertz CT molecular complexity index is 563. The average Bonchev–Trinajstić information content (AvgIpc) is 2.92. The normalized spacial score (nSPS) is 26.7. The number of thioether (sulfide) groups is 1. The highest BCUT2D eigenvalue weighted by molar-refractivity contribution is 8.00. The van der Waals surface area contributed by atoms with Gasteiger partial charge in [-0.25, -0.2) is 0 Å². The maximum atomic E-state index is 2.47. The van der Waals surface area contributed by atoms with E-state index in [-0.39, 0.29) is 0 Å². The van der Waals surface area contributed by atoms with Gasteiger partial charge >= 0.3 is 0 Å². The second-order valence-corrected chi connectivity index (χ2v) is 7.87. The van der Waals surface area contributed by atoms with Gasteiger partial charge in [-0.05, 0) is 41.9 Å². The van der Waals surface area contributed by atoms with Crippen LogP contribution in [0.1, 0.15) is 38.7 Å². The topological polar surface area (TPSA) is 0 Å². The van der Waals surface area contributed by atoms with Gasteiger partial charge in [-0.2, -0.15) is 0 Å². The first-order valence-corrected chi connectivity index (χ1v) is 8.85. The Kier molecular flexibility index (Phi) is 4.40. The molecule has 0 unspecified atom stereocenters. The van der Waals surface area contributed by atoms with Crippen molar-refractivity contribution in [3.63, 3.8) is 0 Å². The van der Waals surface area contributed by atoms with Crippen molar-refractivity contribution >= 4 is 11.8 Å². The Morgan fingerprint density at radius 3 is 2.29 bits per heavy atom. The summed E-state index contributed by atoms with van der Waals surface area (Å²) in [5.41, 5.74) is 1.86. The Balaban J connectivity index is 1.80. The fraction of sp³-hybridized carbons (Fsp3) is 0.400. The van der Waals surface area contributed by atoms with E-state index in [0.717, 1.165) is 5.92 Å². The second-order valence-electron chi connectivity index (χ2n) is 6.42. The van der Waals surface area contributed by atoms with Crippen molar-refractivity contribution in [1.29, 1.82) is 0 Å². The minimum Gasteiger partial charge on any atom is -0.123 e. The van der Waals surface area contributed by atoms with Crippen molar-refractivity contribution in [2.24, 2.45) is 5.92 Å². The molecule has 1 aliphatic carbocycles. The molecule has 1 heteroatoms. The summed E-state index contributed by atoms with van der Waals surface area (Å²) in [7, 11) is 0. The lowest BCUT2D eigenvalue weighted by atomic mass is 9.73. The van der Waals surface area contributed by atoms with E-state index in [1.54, 1.807) is 0 Å². The molecule has 0 heterocycles. The smallest absolute Gasteiger partial charge is 0.0103 e. The van der Waals surface area contributed by atoms with Gasteiger partial charge in [0, 0.05) is 10.1 Å². The first-order chi connectivity index (χ1) is 10.2. The standard InChI is InChI=1S/C20H24S/c1-16(21-18-12-7-4-8-13-18)19-14-9-15-20(19,2)17-10-5-3-6-11-17/h3-8,10-13,16,19H,9,14-15H2,1-2H3/t16-,19+,20+/m1/s1. The van der Waals surface area contributed by atoms with E-state index in [0.29, 0.717) is 10.7 Å². The van der Waals surface area contributed by atoms with E-state index in [4.69, 9.17) is 0 Å². The summed E-state index contributed by atoms with van der Waals surface area (Å²) in [5, 5.41) is 0.653. The van der Waals surface area contributed by atoms with Crippen LogP contribution in [0.3, 0.4) is 0 Å². The highest BCUT2D eigenvalue weighted by atomic mass is 32.2. The Morgan fingerprint density at radius 1 is 1.00 bits per heavy atom. The molecule has 1 fully saturated rings. The molecule has 2 aromatic rings. The summed E-state index contributed by atoms with van der Waals surface area (Å²) < 4.78 is 0. The number of rotatable bonds is 4. The van der Waals surface area contributed by atoms with E-state index < -0.39 is 0 Å². The molecule has 1 saturated carbocycles. The third-order valence-corrected chi connectivity index (χ3v) is 6.34. The van der Waals surface area contributed by atoms with Gasteiger partial charge < -0.3 is 0 Å². The lowest BCUT2D eigenvalue weighted by molar-refractivity contribution is 0.342. The molecule has 2 aromatic carbocycles. The molecule has 0 spiro atoms. The molecule has 1 aliphatic rings. The van der Waals surface area contributed by atoms with Gasteiger partial charge in [0.25, 0.3) is 0 Å². The molecule has 3 atom stereocenters. The van der Waals surface area contributed by atoms with Crippen LogP contribution in [0.4, 0.5) is 0 Å². The van der Waals surface area contributed by atoms with Crippen molar-refractivity contribution in [1.82, 2.24) is 0 Å². The zero-order valence-corrected chi connectivity index (χ0v) is 13.8. The quantitative estimate of drug-likeness (QED) is 0.630. The van der Waals surface area contributed by atoms with Crippen LogP contribution in [0.15, 0.2) is 65.6 Å². The van der Waals surface area contributed by atoms with E-state index in [1.807, 2.05) is 11.8 Å². The third kappa shape index (κ3) is 3.03. The number of benzene rings is 2. The molecule has 0 aliphatic heterocycles. The highest BCUT2D eigenvalue weighted by Gasteiger charge is 2.42. The summed E-state index contributed by atoms with van der Waals surface area (Å²) >= 11 is 2.04. The molecule has 3 rings (SSSR count). The molecule has 21 heavy (non-hydrogen) atoms. The lowest BCUT2D eigenvalue weighted by Crippen LogP contribution is -2.32. The Morgan fingerprint density at radius 2 is 1.62 bits per heavy atom. The van der Waals surface area contributed by atoms with E-state index in [9.17, 15) is 0 Å². The van der Waals surface area contributed by atoms with Crippen LogP contribution in [0.25, 0.3) is 0 Å². The Labute approximate surface area is 133 Å². The number of hydrogen-bond donors (Lipinski definition) is 0. The Hall–Kier alpha value is -1.21. The molecular formula is C20H24S. The second kappa shape index (κ2) is 6.27. The largest absolute Gasteiger partial charge is 0.123 e. The lowest BCUT2D eigenvalue weighted by Gasteiger charge is -2.36. The van der Waals surface area contributed by atoms with Crippen molar-refractivity contribution < 1.29 is 0 Å². The molecule has 0 amide bonds. The van der Waals surface area contributed by atoms with Crippen LogP contribution in [-0.4, -0.2) is 5.25 Å². The van der Waals surface area contributed by atoms with E-state index >= 15 is 0 Å². The number of hydrogen-bond acceptors (Lipinski definition) is 1. The molecule has 0 nitrogen and oxygen atoms in total. The monoisotopic (exact) mass is 296 g/mol. The van der Waals surface area contributed by atoms with Gasteiger partial charge in [0.05, 0.1) is 0 Å². The SMILES string of the molecule is C[C@@H](Sc1ccccc1)[C@@H]1CCC[C@@]1(C)c1ccccc1. The minimum absolute atomic E-state index is 0.336. The maximum Gasteiger partial charge on any atom is 0.0103 e. The van der Waals surface area contributed by atoms with Gasteiger partial charge in [-0.15, -0.1) is 11.8 Å². The van der Waals surface area contributed by atoms with Crippen molar-refractivity contribution in [3.8, 4) is 0 Å². The fourth-order valence-corrected chi connectivity index (χ4v) is 5.26. The van der Waals surface area contributed by atoms with Gasteiger partial charge in [0.1, 0.15) is 0 Å². The summed E-state index contributed by atoms with van der Waals surface area (Å²) in [6, 6.07) is 22.0. The summed E-state index contributed by atoms with van der Waals surface area (Å²) in [5.74, 6) is 0.755. The first-order valence-electron chi connectivity index (χ1n) is 7.97.